The molecule has 0 amide bonds. The van der Waals surface area contributed by atoms with Gasteiger partial charge in [0.25, 0.3) is 0 Å². The third-order valence-corrected chi connectivity index (χ3v) is 4.74. The molecular formula is C14H22Cl2N4. The van der Waals surface area contributed by atoms with Crippen molar-refractivity contribution in [3.8, 4) is 0 Å². The standard InChI is InChI=1S/C14H22Cl2N4/c1-2-19(10-3-4-10)8-7-17-9-12-13(15)18-14(16)20(12)11-5-6-11/h10-11,17H,2-9H2,1H3. The number of likely N-dealkylation sites (N-methyl/N-ethyl adjacent to an activating group) is 1. The Hall–Kier alpha value is -0.290. The van der Waals surface area contributed by atoms with Gasteiger partial charge in [0.05, 0.1) is 5.69 Å². The molecule has 0 bridgehead atoms. The topological polar surface area (TPSA) is 33.1 Å². The molecule has 4 nitrogen and oxygen atoms in total. The summed E-state index contributed by atoms with van der Waals surface area (Å²) in [7, 11) is 0. The molecular weight excluding hydrogens is 295 g/mol. The van der Waals surface area contributed by atoms with Crippen LogP contribution in [0.1, 0.15) is 44.3 Å². The first-order valence-electron chi connectivity index (χ1n) is 7.57. The van der Waals surface area contributed by atoms with Crippen LogP contribution >= 0.6 is 23.2 Å². The molecule has 1 aromatic rings. The van der Waals surface area contributed by atoms with Crippen molar-refractivity contribution in [3.63, 3.8) is 0 Å². The number of hydrogen-bond donors (Lipinski definition) is 1. The summed E-state index contributed by atoms with van der Waals surface area (Å²) >= 11 is 12.3. The van der Waals surface area contributed by atoms with Gasteiger partial charge in [-0.1, -0.05) is 18.5 Å². The number of hydrogen-bond acceptors (Lipinski definition) is 3. The van der Waals surface area contributed by atoms with Gasteiger partial charge < -0.3 is 9.88 Å². The van der Waals surface area contributed by atoms with E-state index in [2.05, 4.69) is 26.7 Å². The molecule has 2 aliphatic carbocycles. The number of imidazole rings is 1. The van der Waals surface area contributed by atoms with Crippen LogP contribution in [-0.2, 0) is 6.54 Å². The summed E-state index contributed by atoms with van der Waals surface area (Å²) in [6, 6.07) is 1.34. The molecule has 0 aromatic carbocycles. The molecule has 2 saturated carbocycles. The zero-order valence-corrected chi connectivity index (χ0v) is 13.4. The van der Waals surface area contributed by atoms with Gasteiger partial charge in [0.2, 0.25) is 5.28 Å². The van der Waals surface area contributed by atoms with Crippen LogP contribution in [0.2, 0.25) is 10.4 Å². The second-order valence-corrected chi connectivity index (χ2v) is 6.45. The fourth-order valence-corrected chi connectivity index (χ4v) is 3.35. The van der Waals surface area contributed by atoms with Crippen LogP contribution in [0, 0.1) is 0 Å². The maximum absolute atomic E-state index is 6.18. The van der Waals surface area contributed by atoms with E-state index in [0.29, 0.717) is 16.5 Å². The zero-order chi connectivity index (χ0) is 14.1. The summed E-state index contributed by atoms with van der Waals surface area (Å²) in [5, 5.41) is 4.56. The van der Waals surface area contributed by atoms with Crippen molar-refractivity contribution in [1.29, 1.82) is 0 Å². The van der Waals surface area contributed by atoms with E-state index in [1.807, 2.05) is 0 Å². The molecule has 0 aliphatic heterocycles. The normalized spacial score (nSPS) is 19.0. The second-order valence-electron chi connectivity index (χ2n) is 5.76. The van der Waals surface area contributed by atoms with Gasteiger partial charge in [0, 0.05) is 31.7 Å². The van der Waals surface area contributed by atoms with E-state index >= 15 is 0 Å². The van der Waals surface area contributed by atoms with Gasteiger partial charge in [-0.3, -0.25) is 4.90 Å². The SMILES string of the molecule is CCN(CCNCc1c(Cl)nc(Cl)n1C1CC1)C1CC1. The molecule has 3 rings (SSSR count). The third-order valence-electron chi connectivity index (χ3n) is 4.17. The van der Waals surface area contributed by atoms with Crippen molar-refractivity contribution in [2.75, 3.05) is 19.6 Å². The molecule has 112 valence electrons. The van der Waals surface area contributed by atoms with Crippen LogP contribution in [0.5, 0.6) is 0 Å². The van der Waals surface area contributed by atoms with Gasteiger partial charge in [-0.15, -0.1) is 0 Å². The first kappa shape index (κ1) is 14.6. The lowest BCUT2D eigenvalue weighted by molar-refractivity contribution is 0.276. The number of aromatic nitrogens is 2. The van der Waals surface area contributed by atoms with Gasteiger partial charge in [-0.25, -0.2) is 4.98 Å². The monoisotopic (exact) mass is 316 g/mol. The van der Waals surface area contributed by atoms with Crippen LogP contribution < -0.4 is 5.32 Å². The highest BCUT2D eigenvalue weighted by Crippen LogP contribution is 2.40. The Balaban J connectivity index is 1.50. The minimum atomic E-state index is 0.512. The van der Waals surface area contributed by atoms with E-state index in [-0.39, 0.29) is 0 Å². The van der Waals surface area contributed by atoms with Crippen molar-refractivity contribution in [2.45, 2.75) is 51.2 Å². The average molecular weight is 317 g/mol. The summed E-state index contributed by atoms with van der Waals surface area (Å²) in [5.41, 5.74) is 1.04. The highest BCUT2D eigenvalue weighted by Gasteiger charge is 2.30. The highest BCUT2D eigenvalue weighted by atomic mass is 35.5. The predicted octanol–water partition coefficient (Wildman–Crippen LogP) is 3.10. The van der Waals surface area contributed by atoms with E-state index in [9.17, 15) is 0 Å². The van der Waals surface area contributed by atoms with Gasteiger partial charge in [0.1, 0.15) is 0 Å². The first-order chi connectivity index (χ1) is 9.70. The minimum Gasteiger partial charge on any atom is -0.313 e. The molecule has 2 fully saturated rings. The summed E-state index contributed by atoms with van der Waals surface area (Å²) in [4.78, 5) is 6.73. The van der Waals surface area contributed by atoms with Crippen LogP contribution in [0.3, 0.4) is 0 Å². The first-order valence-corrected chi connectivity index (χ1v) is 8.33. The Labute approximate surface area is 130 Å². The van der Waals surface area contributed by atoms with Gasteiger partial charge >= 0.3 is 0 Å². The Morgan fingerprint density at radius 2 is 2.05 bits per heavy atom. The fourth-order valence-electron chi connectivity index (χ4n) is 2.74. The van der Waals surface area contributed by atoms with Gasteiger partial charge in [-0.05, 0) is 43.8 Å². The van der Waals surface area contributed by atoms with Crippen molar-refractivity contribution in [3.05, 3.63) is 16.1 Å². The second kappa shape index (κ2) is 6.22. The summed E-state index contributed by atoms with van der Waals surface area (Å²) in [5.74, 6) is 0. The van der Waals surface area contributed by atoms with Crippen LogP contribution in [0.15, 0.2) is 0 Å². The molecule has 2 aliphatic rings. The van der Waals surface area contributed by atoms with E-state index < -0.39 is 0 Å². The number of rotatable bonds is 8. The molecule has 1 heterocycles. The lowest BCUT2D eigenvalue weighted by Crippen LogP contribution is -2.33. The fraction of sp³-hybridized carbons (Fsp3) is 0.786. The molecule has 0 saturated heterocycles. The Kier molecular flexibility index (Phi) is 4.55. The highest BCUT2D eigenvalue weighted by molar-refractivity contribution is 6.33. The van der Waals surface area contributed by atoms with E-state index in [1.54, 1.807) is 0 Å². The minimum absolute atomic E-state index is 0.512. The van der Waals surface area contributed by atoms with Crippen molar-refractivity contribution >= 4 is 23.2 Å². The maximum Gasteiger partial charge on any atom is 0.204 e. The molecule has 6 heteroatoms. The molecule has 0 unspecified atom stereocenters. The number of nitrogens with one attached hydrogen (secondary N) is 1. The number of nitrogens with zero attached hydrogens (tertiary/aromatic N) is 3. The van der Waals surface area contributed by atoms with Gasteiger partial charge in [0.15, 0.2) is 5.15 Å². The quantitative estimate of drug-likeness (QED) is 0.748. The van der Waals surface area contributed by atoms with Crippen molar-refractivity contribution in [1.82, 2.24) is 19.8 Å². The summed E-state index contributed by atoms with van der Waals surface area (Å²) in [6.07, 6.45) is 5.10. The molecule has 0 radical (unpaired) electrons. The largest absolute Gasteiger partial charge is 0.313 e. The Morgan fingerprint density at radius 3 is 2.65 bits per heavy atom. The molecule has 1 aromatic heterocycles. The van der Waals surface area contributed by atoms with E-state index in [1.165, 1.54) is 25.7 Å². The maximum atomic E-state index is 6.18. The summed E-state index contributed by atoms with van der Waals surface area (Å²) < 4.78 is 2.09. The van der Waals surface area contributed by atoms with Crippen molar-refractivity contribution in [2.24, 2.45) is 0 Å². The molecule has 1 N–H and O–H groups in total. The smallest absolute Gasteiger partial charge is 0.204 e. The summed E-state index contributed by atoms with van der Waals surface area (Å²) in [6.45, 7) is 6.20. The van der Waals surface area contributed by atoms with Crippen molar-refractivity contribution < 1.29 is 0 Å². The third kappa shape index (κ3) is 3.30. The van der Waals surface area contributed by atoms with Crippen LogP contribution in [0.25, 0.3) is 0 Å². The Morgan fingerprint density at radius 1 is 1.30 bits per heavy atom. The molecule has 20 heavy (non-hydrogen) atoms. The van der Waals surface area contributed by atoms with Crippen LogP contribution in [-0.4, -0.2) is 40.1 Å². The van der Waals surface area contributed by atoms with E-state index in [4.69, 9.17) is 23.2 Å². The Bertz CT molecular complexity index is 466. The predicted molar refractivity (Wildman–Crippen MR) is 82.5 cm³/mol. The average Bonchev–Trinajstić information content (AvgIpc) is 3.30. The lowest BCUT2D eigenvalue weighted by Gasteiger charge is -2.20. The van der Waals surface area contributed by atoms with Crippen LogP contribution in [0.4, 0.5) is 0 Å². The zero-order valence-electron chi connectivity index (χ0n) is 11.9. The molecule has 0 atom stereocenters. The lowest BCUT2D eigenvalue weighted by atomic mass is 10.4. The van der Waals surface area contributed by atoms with E-state index in [0.717, 1.165) is 37.9 Å². The number of halogens is 2. The molecule has 0 spiro atoms. The van der Waals surface area contributed by atoms with Gasteiger partial charge in [-0.2, -0.15) is 0 Å².